The SMILES string of the molecule is COc1cc(Cl)ccc1C(=O)NC1CC2CCC(C1)N2.Cl. The third-order valence-electron chi connectivity index (χ3n) is 4.22. The van der Waals surface area contributed by atoms with Crippen molar-refractivity contribution in [2.45, 2.75) is 43.8 Å². The first-order chi connectivity index (χ1) is 9.65. The number of nitrogens with one attached hydrogen (secondary N) is 2. The minimum atomic E-state index is -0.0789. The van der Waals surface area contributed by atoms with Gasteiger partial charge in [-0.2, -0.15) is 0 Å². The highest BCUT2D eigenvalue weighted by Gasteiger charge is 2.34. The summed E-state index contributed by atoms with van der Waals surface area (Å²) >= 11 is 5.92. The summed E-state index contributed by atoms with van der Waals surface area (Å²) in [4.78, 5) is 12.4. The van der Waals surface area contributed by atoms with Crippen LogP contribution in [0, 0.1) is 0 Å². The highest BCUT2D eigenvalue weighted by atomic mass is 35.5. The van der Waals surface area contributed by atoms with Gasteiger partial charge in [-0.05, 0) is 43.9 Å². The van der Waals surface area contributed by atoms with Crippen LogP contribution < -0.4 is 15.4 Å². The van der Waals surface area contributed by atoms with E-state index in [-0.39, 0.29) is 24.4 Å². The zero-order valence-electron chi connectivity index (χ0n) is 11.9. The van der Waals surface area contributed by atoms with Gasteiger partial charge >= 0.3 is 0 Å². The van der Waals surface area contributed by atoms with Crippen molar-refractivity contribution in [1.29, 1.82) is 0 Å². The fraction of sp³-hybridized carbons (Fsp3) is 0.533. The van der Waals surface area contributed by atoms with Gasteiger partial charge in [0.1, 0.15) is 5.75 Å². The lowest BCUT2D eigenvalue weighted by Crippen LogP contribution is -2.48. The number of halogens is 2. The van der Waals surface area contributed by atoms with Crippen molar-refractivity contribution in [2.24, 2.45) is 0 Å². The normalized spacial score (nSPS) is 26.9. The minimum Gasteiger partial charge on any atom is -0.496 e. The summed E-state index contributed by atoms with van der Waals surface area (Å²) in [7, 11) is 1.55. The van der Waals surface area contributed by atoms with Crippen LogP contribution in [0.1, 0.15) is 36.0 Å². The van der Waals surface area contributed by atoms with Crippen LogP contribution in [0.2, 0.25) is 5.02 Å². The topological polar surface area (TPSA) is 50.4 Å². The summed E-state index contributed by atoms with van der Waals surface area (Å²) in [5, 5.41) is 7.27. The van der Waals surface area contributed by atoms with Crippen LogP contribution in [0.4, 0.5) is 0 Å². The van der Waals surface area contributed by atoms with E-state index in [2.05, 4.69) is 10.6 Å². The quantitative estimate of drug-likeness (QED) is 0.895. The molecule has 0 spiro atoms. The van der Waals surface area contributed by atoms with Gasteiger partial charge < -0.3 is 15.4 Å². The Kier molecular flexibility index (Phi) is 5.36. The van der Waals surface area contributed by atoms with Crippen molar-refractivity contribution in [3.8, 4) is 5.75 Å². The number of ether oxygens (including phenoxy) is 1. The second kappa shape index (κ2) is 6.86. The van der Waals surface area contributed by atoms with Gasteiger partial charge in [0, 0.05) is 23.1 Å². The third kappa shape index (κ3) is 3.62. The molecule has 1 aromatic carbocycles. The smallest absolute Gasteiger partial charge is 0.255 e. The van der Waals surface area contributed by atoms with Crippen LogP contribution in [0.15, 0.2) is 18.2 Å². The van der Waals surface area contributed by atoms with E-state index >= 15 is 0 Å². The summed E-state index contributed by atoms with van der Waals surface area (Å²) in [5.41, 5.74) is 0.544. The number of hydrogen-bond donors (Lipinski definition) is 2. The third-order valence-corrected chi connectivity index (χ3v) is 4.45. The molecule has 2 aliphatic rings. The molecule has 1 amide bonds. The number of piperidine rings is 1. The minimum absolute atomic E-state index is 0. The molecule has 2 saturated heterocycles. The van der Waals surface area contributed by atoms with Gasteiger partial charge in [-0.3, -0.25) is 4.79 Å². The van der Waals surface area contributed by atoms with E-state index < -0.39 is 0 Å². The van der Waals surface area contributed by atoms with Crippen LogP contribution >= 0.6 is 24.0 Å². The molecule has 3 rings (SSSR count). The summed E-state index contributed by atoms with van der Waals surface area (Å²) in [6.45, 7) is 0. The Morgan fingerprint density at radius 3 is 2.62 bits per heavy atom. The van der Waals surface area contributed by atoms with Crippen molar-refractivity contribution in [3.05, 3.63) is 28.8 Å². The average molecular weight is 331 g/mol. The average Bonchev–Trinajstić information content (AvgIpc) is 2.77. The van der Waals surface area contributed by atoms with Crippen LogP contribution in [-0.4, -0.2) is 31.1 Å². The molecule has 2 aliphatic heterocycles. The number of carbonyl (C=O) groups is 1. The van der Waals surface area contributed by atoms with Gasteiger partial charge in [0.2, 0.25) is 0 Å². The second-order valence-electron chi connectivity index (χ2n) is 5.62. The van der Waals surface area contributed by atoms with Gasteiger partial charge in [0.25, 0.3) is 5.91 Å². The number of rotatable bonds is 3. The fourth-order valence-electron chi connectivity index (χ4n) is 3.29. The maximum Gasteiger partial charge on any atom is 0.255 e. The maximum absolute atomic E-state index is 12.4. The van der Waals surface area contributed by atoms with E-state index in [0.29, 0.717) is 28.4 Å². The first kappa shape index (κ1) is 16.4. The Balaban J connectivity index is 0.00000161. The van der Waals surface area contributed by atoms with Gasteiger partial charge in [-0.25, -0.2) is 0 Å². The number of methoxy groups -OCH3 is 1. The monoisotopic (exact) mass is 330 g/mol. The molecule has 0 saturated carbocycles. The molecule has 0 radical (unpaired) electrons. The van der Waals surface area contributed by atoms with E-state index in [1.807, 2.05) is 0 Å². The molecule has 2 unspecified atom stereocenters. The first-order valence-corrected chi connectivity index (χ1v) is 7.44. The van der Waals surface area contributed by atoms with Crippen molar-refractivity contribution < 1.29 is 9.53 Å². The van der Waals surface area contributed by atoms with Crippen LogP contribution in [0.5, 0.6) is 5.75 Å². The van der Waals surface area contributed by atoms with E-state index in [1.54, 1.807) is 25.3 Å². The Hall–Kier alpha value is -0.970. The summed E-state index contributed by atoms with van der Waals surface area (Å²) < 4.78 is 5.23. The van der Waals surface area contributed by atoms with Gasteiger partial charge in [0.15, 0.2) is 0 Å². The Labute approximate surface area is 136 Å². The van der Waals surface area contributed by atoms with E-state index in [0.717, 1.165) is 12.8 Å². The van der Waals surface area contributed by atoms with Gasteiger partial charge in [-0.1, -0.05) is 11.6 Å². The number of carbonyl (C=O) groups excluding carboxylic acids is 1. The lowest BCUT2D eigenvalue weighted by Gasteiger charge is -2.29. The first-order valence-electron chi connectivity index (χ1n) is 7.06. The number of benzene rings is 1. The number of hydrogen-bond acceptors (Lipinski definition) is 3. The molecule has 1 aromatic rings. The molecule has 4 nitrogen and oxygen atoms in total. The molecule has 2 N–H and O–H groups in total. The largest absolute Gasteiger partial charge is 0.496 e. The van der Waals surface area contributed by atoms with Gasteiger partial charge in [0.05, 0.1) is 12.7 Å². The summed E-state index contributed by atoms with van der Waals surface area (Å²) in [6.07, 6.45) is 4.47. The highest BCUT2D eigenvalue weighted by Crippen LogP contribution is 2.28. The van der Waals surface area contributed by atoms with Crippen LogP contribution in [-0.2, 0) is 0 Å². The molecule has 2 atom stereocenters. The van der Waals surface area contributed by atoms with Gasteiger partial charge in [-0.15, -0.1) is 12.4 Å². The highest BCUT2D eigenvalue weighted by molar-refractivity contribution is 6.30. The molecule has 0 aliphatic carbocycles. The molecular weight excluding hydrogens is 311 g/mol. The molecule has 116 valence electrons. The van der Waals surface area contributed by atoms with Crippen molar-refractivity contribution in [1.82, 2.24) is 10.6 Å². The fourth-order valence-corrected chi connectivity index (χ4v) is 3.45. The summed E-state index contributed by atoms with van der Waals surface area (Å²) in [6, 6.07) is 6.47. The zero-order valence-corrected chi connectivity index (χ0v) is 13.5. The predicted octanol–water partition coefficient (Wildman–Crippen LogP) is 2.78. The molecule has 2 bridgehead atoms. The molecule has 6 heteroatoms. The predicted molar refractivity (Wildman–Crippen MR) is 85.7 cm³/mol. The summed E-state index contributed by atoms with van der Waals surface area (Å²) in [5.74, 6) is 0.441. The van der Waals surface area contributed by atoms with Crippen molar-refractivity contribution >= 4 is 29.9 Å². The van der Waals surface area contributed by atoms with E-state index in [1.165, 1.54) is 12.8 Å². The molecular formula is C15H20Cl2N2O2. The number of amides is 1. The van der Waals surface area contributed by atoms with Crippen molar-refractivity contribution in [2.75, 3.05) is 7.11 Å². The second-order valence-corrected chi connectivity index (χ2v) is 6.06. The number of fused-ring (bicyclic) bond motifs is 2. The van der Waals surface area contributed by atoms with Crippen LogP contribution in [0.3, 0.4) is 0 Å². The Morgan fingerprint density at radius 1 is 1.33 bits per heavy atom. The molecule has 2 fully saturated rings. The molecule has 2 heterocycles. The van der Waals surface area contributed by atoms with Crippen LogP contribution in [0.25, 0.3) is 0 Å². The molecule has 21 heavy (non-hydrogen) atoms. The lowest BCUT2D eigenvalue weighted by atomic mass is 9.99. The van der Waals surface area contributed by atoms with Crippen molar-refractivity contribution in [3.63, 3.8) is 0 Å². The van der Waals surface area contributed by atoms with E-state index in [9.17, 15) is 4.79 Å². The zero-order chi connectivity index (χ0) is 14.1. The maximum atomic E-state index is 12.4. The Bertz CT molecular complexity index is 512. The van der Waals surface area contributed by atoms with E-state index in [4.69, 9.17) is 16.3 Å². The standard InChI is InChI=1S/C15H19ClN2O2.ClH/c1-20-14-6-9(16)2-5-13(14)15(19)18-12-7-10-3-4-11(8-12)17-10;/h2,5-6,10-12,17H,3-4,7-8H2,1H3,(H,18,19);1H. The molecule has 0 aromatic heterocycles. The Morgan fingerprint density at radius 2 is 2.00 bits per heavy atom. The lowest BCUT2D eigenvalue weighted by molar-refractivity contribution is 0.0921.